The molecule has 0 unspecified atom stereocenters. The molecule has 124 valence electrons. The molecule has 0 aromatic carbocycles. The third kappa shape index (κ3) is 5.50. The largest absolute Gasteiger partial charge is 0.468 e. The number of nitrogens with one attached hydrogen (secondary N) is 1. The van der Waals surface area contributed by atoms with Gasteiger partial charge in [0.15, 0.2) is 0 Å². The van der Waals surface area contributed by atoms with Crippen LogP contribution in [0.5, 0.6) is 0 Å². The molecule has 6 heteroatoms. The minimum atomic E-state index is -4.11. The maximum Gasteiger partial charge on any atom is 0.401 e. The van der Waals surface area contributed by atoms with E-state index in [1.54, 1.807) is 6.26 Å². The van der Waals surface area contributed by atoms with Gasteiger partial charge >= 0.3 is 6.18 Å². The summed E-state index contributed by atoms with van der Waals surface area (Å²) in [6.45, 7) is 4.64. The molecule has 0 saturated carbocycles. The summed E-state index contributed by atoms with van der Waals surface area (Å²) >= 11 is 0. The van der Waals surface area contributed by atoms with Gasteiger partial charge in [0.1, 0.15) is 5.76 Å². The van der Waals surface area contributed by atoms with Crippen molar-refractivity contribution in [1.82, 2.24) is 10.2 Å². The summed E-state index contributed by atoms with van der Waals surface area (Å²) in [7, 11) is 0. The molecule has 1 saturated heterocycles. The Balaban J connectivity index is 1.79. The molecule has 22 heavy (non-hydrogen) atoms. The first kappa shape index (κ1) is 17.1. The van der Waals surface area contributed by atoms with Crippen LogP contribution in [0.1, 0.15) is 31.1 Å². The van der Waals surface area contributed by atoms with Gasteiger partial charge < -0.3 is 9.73 Å². The van der Waals surface area contributed by atoms with Gasteiger partial charge in [0.2, 0.25) is 0 Å². The Kier molecular flexibility index (Phi) is 6.08. The average molecular weight is 316 g/mol. The Labute approximate surface area is 129 Å². The second-order valence-corrected chi connectivity index (χ2v) is 5.85. The minimum absolute atomic E-state index is 0.0877. The third-order valence-corrected chi connectivity index (χ3v) is 3.97. The Hall–Kier alpha value is -1.27. The standard InChI is InChI=1S/C16H23F3N2O/c1-2-3-5-14(15-6-4-9-22-15)20-10-13-7-8-21(11-13)12-16(17,18)19/h2,4,6,9,13-14,20H,1,3,5,7-8,10-12H2/t13-,14+/m1/s1. The van der Waals surface area contributed by atoms with E-state index in [-0.39, 0.29) is 12.0 Å². The SMILES string of the molecule is C=CCC[C@H](NC[C@H]1CCN(CC(F)(F)F)C1)c1ccco1. The van der Waals surface area contributed by atoms with E-state index in [1.807, 2.05) is 18.2 Å². The van der Waals surface area contributed by atoms with Gasteiger partial charge in [-0.2, -0.15) is 13.2 Å². The maximum absolute atomic E-state index is 12.4. The van der Waals surface area contributed by atoms with E-state index in [0.29, 0.717) is 19.6 Å². The molecule has 2 atom stereocenters. The minimum Gasteiger partial charge on any atom is -0.468 e. The Bertz CT molecular complexity index is 445. The van der Waals surface area contributed by atoms with E-state index in [0.717, 1.165) is 25.0 Å². The summed E-state index contributed by atoms with van der Waals surface area (Å²) in [5.74, 6) is 1.12. The second kappa shape index (κ2) is 7.83. The van der Waals surface area contributed by atoms with Gasteiger partial charge in [-0.15, -0.1) is 6.58 Å². The smallest absolute Gasteiger partial charge is 0.401 e. The first-order valence-electron chi connectivity index (χ1n) is 7.64. The first-order valence-corrected chi connectivity index (χ1v) is 7.64. The fourth-order valence-electron chi connectivity index (χ4n) is 2.90. The number of alkyl halides is 3. The molecule has 3 nitrogen and oxygen atoms in total. The van der Waals surface area contributed by atoms with Crippen LogP contribution in [-0.4, -0.2) is 37.3 Å². The van der Waals surface area contributed by atoms with Crippen molar-refractivity contribution in [1.29, 1.82) is 0 Å². The molecule has 0 spiro atoms. The number of nitrogens with zero attached hydrogens (tertiary/aromatic N) is 1. The third-order valence-electron chi connectivity index (χ3n) is 3.97. The predicted octanol–water partition coefficient (Wildman–Crippen LogP) is 3.76. The van der Waals surface area contributed by atoms with E-state index in [9.17, 15) is 13.2 Å². The van der Waals surface area contributed by atoms with Crippen LogP contribution in [0, 0.1) is 5.92 Å². The zero-order valence-electron chi connectivity index (χ0n) is 12.6. The summed E-state index contributed by atoms with van der Waals surface area (Å²) in [5.41, 5.74) is 0. The highest BCUT2D eigenvalue weighted by Crippen LogP contribution is 2.24. The molecular formula is C16H23F3N2O. The van der Waals surface area contributed by atoms with Gasteiger partial charge in [0.05, 0.1) is 18.8 Å². The number of hydrogen-bond donors (Lipinski definition) is 1. The second-order valence-electron chi connectivity index (χ2n) is 5.85. The number of hydrogen-bond acceptors (Lipinski definition) is 3. The van der Waals surface area contributed by atoms with Crippen LogP contribution in [0.25, 0.3) is 0 Å². The van der Waals surface area contributed by atoms with Gasteiger partial charge in [0, 0.05) is 6.54 Å². The average Bonchev–Trinajstić information content (AvgIpc) is 3.09. The van der Waals surface area contributed by atoms with Gasteiger partial charge in [-0.3, -0.25) is 4.90 Å². The van der Waals surface area contributed by atoms with E-state index >= 15 is 0 Å². The normalized spacial score (nSPS) is 21.1. The van der Waals surface area contributed by atoms with Crippen LogP contribution in [-0.2, 0) is 0 Å². The Morgan fingerprint density at radius 1 is 1.50 bits per heavy atom. The van der Waals surface area contributed by atoms with Crippen molar-refractivity contribution in [3.63, 3.8) is 0 Å². The van der Waals surface area contributed by atoms with Gasteiger partial charge in [-0.1, -0.05) is 6.08 Å². The molecule has 1 fully saturated rings. The predicted molar refractivity (Wildman–Crippen MR) is 79.5 cm³/mol. The maximum atomic E-state index is 12.4. The zero-order valence-corrected chi connectivity index (χ0v) is 12.6. The molecule has 0 amide bonds. The van der Waals surface area contributed by atoms with Crippen molar-refractivity contribution in [2.75, 3.05) is 26.2 Å². The molecule has 1 aromatic heterocycles. The van der Waals surface area contributed by atoms with Crippen molar-refractivity contribution in [2.24, 2.45) is 5.92 Å². The van der Waals surface area contributed by atoms with E-state index in [1.165, 1.54) is 4.90 Å². The lowest BCUT2D eigenvalue weighted by Gasteiger charge is -2.20. The first-order chi connectivity index (χ1) is 10.5. The number of rotatable bonds is 8. The fraction of sp³-hybridized carbons (Fsp3) is 0.625. The van der Waals surface area contributed by atoms with Crippen LogP contribution >= 0.6 is 0 Å². The molecule has 1 aliphatic heterocycles. The Morgan fingerprint density at radius 3 is 2.95 bits per heavy atom. The number of halogens is 3. The number of allylic oxidation sites excluding steroid dienone is 1. The van der Waals surface area contributed by atoms with Crippen molar-refractivity contribution >= 4 is 0 Å². The van der Waals surface area contributed by atoms with Crippen molar-refractivity contribution < 1.29 is 17.6 Å². The summed E-state index contributed by atoms with van der Waals surface area (Å²) in [4.78, 5) is 1.48. The number of furan rings is 1. The van der Waals surface area contributed by atoms with Gasteiger partial charge in [0.25, 0.3) is 0 Å². The summed E-state index contributed by atoms with van der Waals surface area (Å²) < 4.78 is 42.6. The monoisotopic (exact) mass is 316 g/mol. The topological polar surface area (TPSA) is 28.4 Å². The molecule has 2 rings (SSSR count). The highest BCUT2D eigenvalue weighted by Gasteiger charge is 2.34. The van der Waals surface area contributed by atoms with E-state index in [2.05, 4.69) is 11.9 Å². The van der Waals surface area contributed by atoms with Crippen molar-refractivity contribution in [3.8, 4) is 0 Å². The van der Waals surface area contributed by atoms with Crippen LogP contribution < -0.4 is 5.32 Å². The van der Waals surface area contributed by atoms with E-state index in [4.69, 9.17) is 4.42 Å². The zero-order chi connectivity index (χ0) is 16.0. The molecule has 2 heterocycles. The lowest BCUT2D eigenvalue weighted by molar-refractivity contribution is -0.143. The van der Waals surface area contributed by atoms with E-state index < -0.39 is 12.7 Å². The summed E-state index contributed by atoms with van der Waals surface area (Å²) in [6, 6.07) is 3.86. The molecular weight excluding hydrogens is 293 g/mol. The summed E-state index contributed by atoms with van der Waals surface area (Å²) in [6.07, 6.45) is 1.93. The van der Waals surface area contributed by atoms with Crippen LogP contribution in [0.4, 0.5) is 13.2 Å². The van der Waals surface area contributed by atoms with Gasteiger partial charge in [-0.25, -0.2) is 0 Å². The highest BCUT2D eigenvalue weighted by molar-refractivity contribution is 5.04. The molecule has 1 aromatic rings. The van der Waals surface area contributed by atoms with Crippen LogP contribution in [0.3, 0.4) is 0 Å². The van der Waals surface area contributed by atoms with Crippen molar-refractivity contribution in [2.45, 2.75) is 31.5 Å². The molecule has 0 bridgehead atoms. The van der Waals surface area contributed by atoms with Gasteiger partial charge in [-0.05, 0) is 50.4 Å². The lowest BCUT2D eigenvalue weighted by atomic mass is 10.1. The molecule has 1 N–H and O–H groups in total. The molecule has 1 aliphatic rings. The quantitative estimate of drug-likeness (QED) is 0.740. The lowest BCUT2D eigenvalue weighted by Crippen LogP contribution is -2.34. The fourth-order valence-corrected chi connectivity index (χ4v) is 2.90. The van der Waals surface area contributed by atoms with Crippen LogP contribution in [0.15, 0.2) is 35.5 Å². The highest BCUT2D eigenvalue weighted by atomic mass is 19.4. The number of likely N-dealkylation sites (tertiary alicyclic amines) is 1. The molecule has 0 aliphatic carbocycles. The summed E-state index contributed by atoms with van der Waals surface area (Å²) in [5, 5.41) is 3.43. The molecule has 0 radical (unpaired) electrons. The van der Waals surface area contributed by atoms with Crippen LogP contribution in [0.2, 0.25) is 0 Å². The Morgan fingerprint density at radius 2 is 2.32 bits per heavy atom. The van der Waals surface area contributed by atoms with Crippen molar-refractivity contribution in [3.05, 3.63) is 36.8 Å².